The standard InChI is InChI=1S/C27H32N2O4S/c1-29(2)18-21-4-7-23-17-26(11-8-22(23)16-21)33-19-20-5-9-24(10-6-20)28-34(30,31)27-14-12-25(32-3)13-15-27/h5-6,8-15,17,21,28H,4,7,16,18-19H2,1-3H3. The molecule has 1 atom stereocenters. The van der Waals surface area contributed by atoms with Gasteiger partial charge in [-0.15, -0.1) is 0 Å². The summed E-state index contributed by atoms with van der Waals surface area (Å²) in [5.41, 5.74) is 4.28. The molecule has 0 aromatic heterocycles. The van der Waals surface area contributed by atoms with E-state index < -0.39 is 10.0 Å². The quantitative estimate of drug-likeness (QED) is 0.479. The molecule has 3 aromatic carbocycles. The van der Waals surface area contributed by atoms with Gasteiger partial charge < -0.3 is 14.4 Å². The lowest BCUT2D eigenvalue weighted by atomic mass is 9.83. The summed E-state index contributed by atoms with van der Waals surface area (Å²) in [5, 5.41) is 0. The number of aryl methyl sites for hydroxylation is 1. The van der Waals surface area contributed by atoms with Gasteiger partial charge in [0, 0.05) is 12.2 Å². The number of anilines is 1. The molecule has 0 amide bonds. The molecule has 0 spiro atoms. The maximum atomic E-state index is 12.6. The van der Waals surface area contributed by atoms with Gasteiger partial charge in [0.05, 0.1) is 12.0 Å². The zero-order valence-corrected chi connectivity index (χ0v) is 20.8. The van der Waals surface area contributed by atoms with E-state index in [4.69, 9.17) is 9.47 Å². The minimum absolute atomic E-state index is 0.182. The Morgan fingerprint density at radius 2 is 1.65 bits per heavy atom. The van der Waals surface area contributed by atoms with Gasteiger partial charge in [0.2, 0.25) is 0 Å². The molecule has 180 valence electrons. The molecule has 1 aliphatic carbocycles. The molecule has 1 unspecified atom stereocenters. The van der Waals surface area contributed by atoms with E-state index in [-0.39, 0.29) is 4.90 Å². The molecule has 0 bridgehead atoms. The van der Waals surface area contributed by atoms with Gasteiger partial charge in [0.15, 0.2) is 0 Å². The topological polar surface area (TPSA) is 67.9 Å². The van der Waals surface area contributed by atoms with E-state index >= 15 is 0 Å². The van der Waals surface area contributed by atoms with Crippen molar-refractivity contribution in [3.8, 4) is 11.5 Å². The van der Waals surface area contributed by atoms with E-state index in [0.29, 0.717) is 18.0 Å². The minimum atomic E-state index is -3.67. The third-order valence-electron chi connectivity index (χ3n) is 6.11. The van der Waals surface area contributed by atoms with Crippen LogP contribution in [0, 0.1) is 5.92 Å². The number of methoxy groups -OCH3 is 1. The molecule has 0 heterocycles. The number of fused-ring (bicyclic) bond motifs is 1. The summed E-state index contributed by atoms with van der Waals surface area (Å²) in [4.78, 5) is 2.45. The summed E-state index contributed by atoms with van der Waals surface area (Å²) in [6.07, 6.45) is 3.43. The van der Waals surface area contributed by atoms with Gasteiger partial charge in [-0.05, 0) is 104 Å². The van der Waals surface area contributed by atoms with Gasteiger partial charge in [0.1, 0.15) is 18.1 Å². The van der Waals surface area contributed by atoms with Crippen LogP contribution in [0.2, 0.25) is 0 Å². The maximum Gasteiger partial charge on any atom is 0.261 e. The highest BCUT2D eigenvalue weighted by Gasteiger charge is 2.19. The van der Waals surface area contributed by atoms with Crippen LogP contribution >= 0.6 is 0 Å². The van der Waals surface area contributed by atoms with E-state index in [1.54, 1.807) is 31.4 Å². The Kier molecular flexibility index (Phi) is 7.44. The number of ether oxygens (including phenoxy) is 2. The van der Waals surface area contributed by atoms with Crippen molar-refractivity contribution in [3.63, 3.8) is 0 Å². The molecule has 0 fully saturated rings. The smallest absolute Gasteiger partial charge is 0.261 e. The Bertz CT molecular complexity index is 1210. The predicted octanol–water partition coefficient (Wildman–Crippen LogP) is 4.74. The summed E-state index contributed by atoms with van der Waals surface area (Å²) in [5.74, 6) is 2.19. The first kappa shape index (κ1) is 24.1. The second-order valence-corrected chi connectivity index (χ2v) is 10.8. The molecule has 34 heavy (non-hydrogen) atoms. The highest BCUT2D eigenvalue weighted by molar-refractivity contribution is 7.92. The van der Waals surface area contributed by atoms with Gasteiger partial charge in [-0.1, -0.05) is 18.2 Å². The molecule has 6 nitrogen and oxygen atoms in total. The Morgan fingerprint density at radius 3 is 2.32 bits per heavy atom. The third kappa shape index (κ3) is 6.10. The van der Waals surface area contributed by atoms with Crippen LogP contribution in [0.3, 0.4) is 0 Å². The van der Waals surface area contributed by atoms with Crippen LogP contribution in [0.4, 0.5) is 5.69 Å². The van der Waals surface area contributed by atoms with Gasteiger partial charge in [-0.3, -0.25) is 4.72 Å². The van der Waals surface area contributed by atoms with Crippen LogP contribution < -0.4 is 14.2 Å². The molecule has 0 saturated carbocycles. The van der Waals surface area contributed by atoms with Gasteiger partial charge in [0.25, 0.3) is 10.0 Å². The summed E-state index contributed by atoms with van der Waals surface area (Å²) in [6.45, 7) is 1.55. The second kappa shape index (κ2) is 10.5. The van der Waals surface area contributed by atoms with E-state index in [9.17, 15) is 8.42 Å². The van der Waals surface area contributed by atoms with Crippen molar-refractivity contribution in [1.29, 1.82) is 0 Å². The SMILES string of the molecule is COc1ccc(S(=O)(=O)Nc2ccc(COc3ccc4c(c3)CCC(CN(C)C)C4)cc2)cc1. The molecular weight excluding hydrogens is 448 g/mol. The molecule has 3 aromatic rings. The Balaban J connectivity index is 1.33. The van der Waals surface area contributed by atoms with E-state index in [1.807, 2.05) is 18.2 Å². The van der Waals surface area contributed by atoms with E-state index in [1.165, 1.54) is 29.7 Å². The maximum absolute atomic E-state index is 12.6. The average Bonchev–Trinajstić information content (AvgIpc) is 2.83. The fraction of sp³-hybridized carbons (Fsp3) is 0.333. The number of nitrogens with one attached hydrogen (secondary N) is 1. The van der Waals surface area contributed by atoms with Crippen molar-refractivity contribution in [2.75, 3.05) is 32.5 Å². The monoisotopic (exact) mass is 480 g/mol. The van der Waals surface area contributed by atoms with Crippen LogP contribution in [0.1, 0.15) is 23.1 Å². The summed E-state index contributed by atoms with van der Waals surface area (Å²) < 4.78 is 38.9. The zero-order valence-electron chi connectivity index (χ0n) is 20.0. The fourth-order valence-electron chi connectivity index (χ4n) is 4.37. The number of rotatable bonds is 9. The Hall–Kier alpha value is -3.03. The fourth-order valence-corrected chi connectivity index (χ4v) is 5.43. The Morgan fingerprint density at radius 1 is 0.941 bits per heavy atom. The van der Waals surface area contributed by atoms with Gasteiger partial charge in [-0.2, -0.15) is 0 Å². The number of nitrogens with zero attached hydrogens (tertiary/aromatic N) is 1. The minimum Gasteiger partial charge on any atom is -0.497 e. The molecule has 0 aliphatic heterocycles. The van der Waals surface area contributed by atoms with Crippen molar-refractivity contribution < 1.29 is 17.9 Å². The first-order valence-corrected chi connectivity index (χ1v) is 13.0. The summed E-state index contributed by atoms with van der Waals surface area (Å²) >= 11 is 0. The van der Waals surface area contributed by atoms with Crippen molar-refractivity contribution in [3.05, 3.63) is 83.4 Å². The highest BCUT2D eigenvalue weighted by Crippen LogP contribution is 2.29. The number of hydrogen-bond donors (Lipinski definition) is 1. The van der Waals surface area contributed by atoms with Crippen LogP contribution in [-0.4, -0.2) is 41.1 Å². The normalized spacial score (nSPS) is 15.6. The molecule has 0 radical (unpaired) electrons. The van der Waals surface area contributed by atoms with Gasteiger partial charge >= 0.3 is 0 Å². The van der Waals surface area contributed by atoms with Crippen molar-refractivity contribution in [2.24, 2.45) is 5.92 Å². The molecular formula is C27H32N2O4S. The van der Waals surface area contributed by atoms with Gasteiger partial charge in [-0.25, -0.2) is 8.42 Å². The first-order valence-electron chi connectivity index (χ1n) is 11.5. The lowest BCUT2D eigenvalue weighted by molar-refractivity contribution is 0.297. The third-order valence-corrected chi connectivity index (χ3v) is 7.51. The molecule has 4 rings (SSSR count). The summed E-state index contributed by atoms with van der Waals surface area (Å²) in [7, 11) is 2.14. The highest BCUT2D eigenvalue weighted by atomic mass is 32.2. The second-order valence-electron chi connectivity index (χ2n) is 9.07. The van der Waals surface area contributed by atoms with Crippen LogP contribution in [0.15, 0.2) is 71.6 Å². The molecule has 1 N–H and O–H groups in total. The average molecular weight is 481 g/mol. The first-order chi connectivity index (χ1) is 16.3. The van der Waals surface area contributed by atoms with Crippen molar-refractivity contribution in [2.45, 2.75) is 30.8 Å². The number of benzene rings is 3. The summed E-state index contributed by atoms with van der Waals surface area (Å²) in [6, 6.07) is 19.9. The largest absolute Gasteiger partial charge is 0.497 e. The van der Waals surface area contributed by atoms with Crippen molar-refractivity contribution in [1.82, 2.24) is 4.90 Å². The van der Waals surface area contributed by atoms with E-state index in [0.717, 1.165) is 36.6 Å². The predicted molar refractivity (Wildman–Crippen MR) is 135 cm³/mol. The van der Waals surface area contributed by atoms with Crippen molar-refractivity contribution >= 4 is 15.7 Å². The van der Waals surface area contributed by atoms with Crippen LogP contribution in [-0.2, 0) is 29.5 Å². The van der Waals surface area contributed by atoms with Crippen LogP contribution in [0.25, 0.3) is 0 Å². The lowest BCUT2D eigenvalue weighted by Crippen LogP contribution is -2.26. The van der Waals surface area contributed by atoms with Crippen LogP contribution in [0.5, 0.6) is 11.5 Å². The zero-order chi connectivity index (χ0) is 24.1. The number of sulfonamides is 1. The van der Waals surface area contributed by atoms with E-state index in [2.05, 4.69) is 35.9 Å². The molecule has 0 saturated heterocycles. The Labute approximate surface area is 202 Å². The molecule has 1 aliphatic rings. The number of hydrogen-bond acceptors (Lipinski definition) is 5. The molecule has 7 heteroatoms. The lowest BCUT2D eigenvalue weighted by Gasteiger charge is -2.27.